The Morgan fingerprint density at radius 1 is 1.44 bits per heavy atom. The van der Waals surface area contributed by atoms with E-state index in [-0.39, 0.29) is 17.1 Å². The fraction of sp³-hybridized carbons (Fsp3) is 0.167. The Morgan fingerprint density at radius 3 is 2.89 bits per heavy atom. The van der Waals surface area contributed by atoms with Crippen molar-refractivity contribution < 1.29 is 4.79 Å². The van der Waals surface area contributed by atoms with E-state index in [9.17, 15) is 9.59 Å². The molecule has 6 heteroatoms. The van der Waals surface area contributed by atoms with Crippen LogP contribution in [0.2, 0.25) is 0 Å². The fourth-order valence-electron chi connectivity index (χ4n) is 1.63. The predicted octanol–water partition coefficient (Wildman–Crippen LogP) is 0.763. The molecule has 18 heavy (non-hydrogen) atoms. The summed E-state index contributed by atoms with van der Waals surface area (Å²) in [4.78, 5) is 32.2. The monoisotopic (exact) mass is 242 g/mol. The number of hydrogen-bond donors (Lipinski definition) is 2. The number of carbonyl (C=O) groups is 1. The third kappa shape index (κ3) is 2.06. The Kier molecular flexibility index (Phi) is 3.06. The molecule has 2 N–H and O–H groups in total. The number of rotatable bonds is 3. The second kappa shape index (κ2) is 4.67. The van der Waals surface area contributed by atoms with Gasteiger partial charge in [-0.05, 0) is 18.6 Å². The fourth-order valence-corrected chi connectivity index (χ4v) is 1.63. The van der Waals surface area contributed by atoms with Crippen molar-refractivity contribution in [1.82, 2.24) is 15.0 Å². The maximum absolute atomic E-state index is 12.1. The van der Waals surface area contributed by atoms with E-state index in [1.807, 2.05) is 13.0 Å². The molecule has 0 fully saturated rings. The number of aromatic amines is 2. The normalized spacial score (nSPS) is 10.0. The smallest absolute Gasteiger partial charge is 0.309 e. The van der Waals surface area contributed by atoms with Crippen molar-refractivity contribution in [1.29, 1.82) is 5.26 Å². The maximum Gasteiger partial charge on any atom is 0.323 e. The van der Waals surface area contributed by atoms with Crippen molar-refractivity contribution in [2.75, 3.05) is 0 Å². The molecule has 0 aliphatic carbocycles. The average molecular weight is 242 g/mol. The number of aryl methyl sites for hydroxylation is 1. The predicted molar refractivity (Wildman–Crippen MR) is 63.2 cm³/mol. The number of ketones is 1. The van der Waals surface area contributed by atoms with E-state index in [2.05, 4.69) is 15.0 Å². The molecule has 0 saturated carbocycles. The molecule has 6 nitrogen and oxygen atoms in total. The summed E-state index contributed by atoms with van der Waals surface area (Å²) in [7, 11) is 0. The van der Waals surface area contributed by atoms with E-state index in [1.165, 1.54) is 12.1 Å². The number of aromatic nitrogens is 3. The Balaban J connectivity index is 2.48. The van der Waals surface area contributed by atoms with Crippen LogP contribution >= 0.6 is 0 Å². The number of hydrogen-bond acceptors (Lipinski definition) is 4. The molecule has 2 aromatic heterocycles. The molecule has 0 aromatic carbocycles. The number of nitrogens with zero attached hydrogens (tertiary/aromatic N) is 2. The van der Waals surface area contributed by atoms with Crippen molar-refractivity contribution in [2.24, 2.45) is 0 Å². The number of pyridine rings is 1. The van der Waals surface area contributed by atoms with Crippen molar-refractivity contribution in [3.8, 4) is 6.07 Å². The van der Waals surface area contributed by atoms with Gasteiger partial charge in [0.05, 0.1) is 0 Å². The molecule has 0 saturated heterocycles. The van der Waals surface area contributed by atoms with Crippen LogP contribution in [0.15, 0.2) is 23.0 Å². The van der Waals surface area contributed by atoms with Gasteiger partial charge in [0, 0.05) is 5.69 Å². The zero-order valence-electron chi connectivity index (χ0n) is 9.65. The average Bonchev–Trinajstić information content (AvgIpc) is 2.79. The molecule has 0 unspecified atom stereocenters. The van der Waals surface area contributed by atoms with E-state index in [0.717, 1.165) is 0 Å². The zero-order chi connectivity index (χ0) is 13.1. The Morgan fingerprint density at radius 2 is 2.22 bits per heavy atom. The SMILES string of the molecule is CCc1[nH]c(=O)[nH]c1C(=O)c1cccc(C#N)n1. The first-order valence-corrected chi connectivity index (χ1v) is 5.38. The Bertz CT molecular complexity index is 691. The number of carbonyl (C=O) groups excluding carboxylic acids is 1. The maximum atomic E-state index is 12.1. The second-order valence-corrected chi connectivity index (χ2v) is 3.64. The number of nitrogens with one attached hydrogen (secondary N) is 2. The van der Waals surface area contributed by atoms with Gasteiger partial charge in [0.15, 0.2) is 0 Å². The molecule has 0 spiro atoms. The highest BCUT2D eigenvalue weighted by molar-refractivity contribution is 6.07. The van der Waals surface area contributed by atoms with Crippen LogP contribution in [0.1, 0.15) is 34.5 Å². The largest absolute Gasteiger partial charge is 0.323 e. The van der Waals surface area contributed by atoms with Gasteiger partial charge in [-0.2, -0.15) is 5.26 Å². The standard InChI is InChI=1S/C12H10N4O2/c1-2-8-10(16-12(18)15-8)11(17)9-5-3-4-7(6-13)14-9/h3-5H,2H2,1H3,(H2,15,16,18). The van der Waals surface area contributed by atoms with E-state index < -0.39 is 11.5 Å². The Labute approximate surface area is 102 Å². The summed E-state index contributed by atoms with van der Waals surface area (Å²) in [5, 5.41) is 8.73. The van der Waals surface area contributed by atoms with Crippen LogP contribution in [0.5, 0.6) is 0 Å². The highest BCUT2D eigenvalue weighted by atomic mass is 16.1. The summed E-state index contributed by atoms with van der Waals surface area (Å²) >= 11 is 0. The third-order valence-electron chi connectivity index (χ3n) is 2.48. The molecule has 0 atom stereocenters. The van der Waals surface area contributed by atoms with E-state index >= 15 is 0 Å². The molecule has 0 radical (unpaired) electrons. The van der Waals surface area contributed by atoms with Crippen LogP contribution in [-0.2, 0) is 6.42 Å². The van der Waals surface area contributed by atoms with Gasteiger partial charge in [-0.15, -0.1) is 0 Å². The summed E-state index contributed by atoms with van der Waals surface area (Å²) in [6, 6.07) is 6.46. The minimum absolute atomic E-state index is 0.138. The Hall–Kier alpha value is -2.68. The van der Waals surface area contributed by atoms with Crippen molar-refractivity contribution in [2.45, 2.75) is 13.3 Å². The first kappa shape index (κ1) is 11.8. The quantitative estimate of drug-likeness (QED) is 0.775. The van der Waals surface area contributed by atoms with Crippen molar-refractivity contribution in [3.05, 3.63) is 51.5 Å². The molecule has 0 aliphatic rings. The van der Waals surface area contributed by atoms with Gasteiger partial charge in [0.25, 0.3) is 0 Å². The summed E-state index contributed by atoms with van der Waals surface area (Å²) in [6.07, 6.45) is 0.526. The molecule has 90 valence electrons. The number of imidazole rings is 1. The highest BCUT2D eigenvalue weighted by Gasteiger charge is 2.17. The molecule has 0 amide bonds. The van der Waals surface area contributed by atoms with Crippen LogP contribution in [0, 0.1) is 11.3 Å². The summed E-state index contributed by atoms with van der Waals surface area (Å²) in [6.45, 7) is 1.83. The lowest BCUT2D eigenvalue weighted by Gasteiger charge is -2.00. The van der Waals surface area contributed by atoms with Crippen LogP contribution < -0.4 is 5.69 Å². The molecule has 0 aliphatic heterocycles. The second-order valence-electron chi connectivity index (χ2n) is 3.64. The molecular weight excluding hydrogens is 232 g/mol. The minimum Gasteiger partial charge on any atom is -0.309 e. The first-order chi connectivity index (χ1) is 8.65. The van der Waals surface area contributed by atoms with Gasteiger partial charge >= 0.3 is 5.69 Å². The molecule has 2 rings (SSSR count). The van der Waals surface area contributed by atoms with E-state index in [1.54, 1.807) is 6.07 Å². The van der Waals surface area contributed by atoms with Crippen molar-refractivity contribution in [3.63, 3.8) is 0 Å². The van der Waals surface area contributed by atoms with Gasteiger partial charge in [-0.25, -0.2) is 9.78 Å². The number of nitriles is 1. The third-order valence-corrected chi connectivity index (χ3v) is 2.48. The molecule has 2 aromatic rings. The molecule has 2 heterocycles. The minimum atomic E-state index is -0.424. The zero-order valence-corrected chi connectivity index (χ0v) is 9.65. The van der Waals surface area contributed by atoms with Gasteiger partial charge < -0.3 is 9.97 Å². The van der Waals surface area contributed by atoms with Gasteiger partial charge in [0.2, 0.25) is 5.78 Å². The lowest BCUT2D eigenvalue weighted by atomic mass is 10.1. The van der Waals surface area contributed by atoms with Crippen LogP contribution in [0.3, 0.4) is 0 Å². The summed E-state index contributed by atoms with van der Waals surface area (Å²) < 4.78 is 0. The topological polar surface area (TPSA) is 102 Å². The molecule has 0 bridgehead atoms. The van der Waals surface area contributed by atoms with Crippen LogP contribution in [0.25, 0.3) is 0 Å². The lowest BCUT2D eigenvalue weighted by Crippen LogP contribution is -2.09. The van der Waals surface area contributed by atoms with E-state index in [4.69, 9.17) is 5.26 Å². The summed E-state index contributed by atoms with van der Waals surface area (Å²) in [5.74, 6) is -0.401. The molecular formula is C12H10N4O2. The lowest BCUT2D eigenvalue weighted by molar-refractivity contribution is 0.102. The van der Waals surface area contributed by atoms with Crippen LogP contribution in [-0.4, -0.2) is 20.7 Å². The van der Waals surface area contributed by atoms with Gasteiger partial charge in [-0.3, -0.25) is 4.79 Å². The van der Waals surface area contributed by atoms with E-state index in [0.29, 0.717) is 12.1 Å². The summed E-state index contributed by atoms with van der Waals surface area (Å²) in [5.41, 5.74) is 0.613. The number of H-pyrrole nitrogens is 2. The van der Waals surface area contributed by atoms with Gasteiger partial charge in [-0.1, -0.05) is 13.0 Å². The first-order valence-electron chi connectivity index (χ1n) is 5.38. The van der Waals surface area contributed by atoms with Gasteiger partial charge in [0.1, 0.15) is 23.2 Å². The van der Waals surface area contributed by atoms with Crippen molar-refractivity contribution >= 4 is 5.78 Å². The highest BCUT2D eigenvalue weighted by Crippen LogP contribution is 2.09. The van der Waals surface area contributed by atoms with Crippen LogP contribution in [0.4, 0.5) is 0 Å².